The molecule has 0 spiro atoms. The van der Waals surface area contributed by atoms with Crippen LogP contribution in [0.5, 0.6) is 0 Å². The van der Waals surface area contributed by atoms with Gasteiger partial charge in [0.25, 0.3) is 7.82 Å². The number of unbranched alkanes of at least 4 members (excludes halogenated alkanes) is 14. The number of ether oxygens (including phenoxy) is 2. The number of phosphoric ester groups is 1. The molecule has 0 radical (unpaired) electrons. The van der Waals surface area contributed by atoms with Gasteiger partial charge in [0.2, 0.25) is 17.7 Å². The van der Waals surface area contributed by atoms with E-state index in [4.69, 9.17) is 29.4 Å². The smallest absolute Gasteiger partial charge is 0.322 e. The molecule has 0 heterocycles. The minimum atomic E-state index is -4.72. The predicted octanol–water partition coefficient (Wildman–Crippen LogP) is 3.55. The molecule has 0 aromatic heterocycles. The van der Waals surface area contributed by atoms with Gasteiger partial charge >= 0.3 is 17.9 Å². The van der Waals surface area contributed by atoms with Gasteiger partial charge in [-0.25, -0.2) is 0 Å². The zero-order valence-electron chi connectivity index (χ0n) is 39.3. The minimum absolute atomic E-state index is 0.0384. The van der Waals surface area contributed by atoms with Gasteiger partial charge in [0, 0.05) is 12.8 Å². The fourth-order valence-electron chi connectivity index (χ4n) is 6.14. The van der Waals surface area contributed by atoms with Gasteiger partial charge in [0.15, 0.2) is 6.10 Å². The van der Waals surface area contributed by atoms with Gasteiger partial charge in [0.1, 0.15) is 32.3 Å². The third-order valence-electron chi connectivity index (χ3n) is 10.0. The first kappa shape index (κ1) is 59.8. The van der Waals surface area contributed by atoms with Crippen molar-refractivity contribution >= 4 is 43.5 Å². The number of amides is 3. The average Bonchev–Trinajstić information content (AvgIpc) is 3.20. The number of nitrogens with two attached hydrogens (primary N) is 1. The SMILES string of the molecule is CCCCCCCCCCCCCCCC(=O)OC[C@@H](COP(=O)([O-])OCC[N+](C)(C)C)OC(=O)CCCCN(C)CCCC[C@H](NC(=O)[C@H](C)N)C(=O)NCC(=O)NCC(=O)O. The van der Waals surface area contributed by atoms with Crippen LogP contribution in [0.4, 0.5) is 0 Å². The van der Waals surface area contributed by atoms with E-state index in [0.717, 1.165) is 19.3 Å². The zero-order valence-corrected chi connectivity index (χ0v) is 40.2. The Bertz CT molecular complexity index is 1350. The van der Waals surface area contributed by atoms with E-state index in [1.807, 2.05) is 33.1 Å². The highest BCUT2D eigenvalue weighted by Gasteiger charge is 2.24. The zero-order chi connectivity index (χ0) is 47.5. The molecule has 4 atom stereocenters. The van der Waals surface area contributed by atoms with E-state index in [1.165, 1.54) is 64.7 Å². The molecular weight excluding hydrogens is 839 g/mol. The van der Waals surface area contributed by atoms with Crippen LogP contribution in [0.2, 0.25) is 0 Å². The molecular formula is C43H83N6O13P. The van der Waals surface area contributed by atoms with Gasteiger partial charge in [-0.05, 0) is 65.6 Å². The Morgan fingerprint density at radius 3 is 1.83 bits per heavy atom. The number of carboxylic acids is 1. The summed E-state index contributed by atoms with van der Waals surface area (Å²) in [5.41, 5.74) is 5.65. The molecule has 20 heteroatoms. The van der Waals surface area contributed by atoms with Gasteiger partial charge in [0.05, 0.1) is 40.3 Å². The van der Waals surface area contributed by atoms with Crippen LogP contribution in [0, 0.1) is 0 Å². The van der Waals surface area contributed by atoms with Crippen molar-refractivity contribution < 1.29 is 66.3 Å². The highest BCUT2D eigenvalue weighted by atomic mass is 31.2. The third-order valence-corrected chi connectivity index (χ3v) is 11.0. The maximum Gasteiger partial charge on any atom is 0.322 e. The van der Waals surface area contributed by atoms with E-state index in [9.17, 15) is 38.2 Å². The van der Waals surface area contributed by atoms with Crippen LogP contribution in [0.1, 0.15) is 142 Å². The molecule has 19 nitrogen and oxygen atoms in total. The molecule has 0 aliphatic carbocycles. The molecule has 0 aliphatic rings. The summed E-state index contributed by atoms with van der Waals surface area (Å²) in [5, 5.41) is 15.8. The van der Waals surface area contributed by atoms with Crippen molar-refractivity contribution in [3.8, 4) is 0 Å². The predicted molar refractivity (Wildman–Crippen MR) is 238 cm³/mol. The summed E-state index contributed by atoms with van der Waals surface area (Å²) < 4.78 is 33.8. The molecule has 0 fully saturated rings. The number of rotatable bonds is 41. The van der Waals surface area contributed by atoms with Crippen LogP contribution < -0.4 is 26.6 Å². The second-order valence-corrected chi connectivity index (χ2v) is 18.8. The number of esters is 2. The molecule has 6 N–H and O–H groups in total. The number of carboxylic acid groups (broad SMARTS) is 1. The molecule has 0 saturated carbocycles. The average molecular weight is 923 g/mol. The van der Waals surface area contributed by atoms with Crippen molar-refractivity contribution in [3.05, 3.63) is 0 Å². The van der Waals surface area contributed by atoms with E-state index in [1.54, 1.807) is 0 Å². The molecule has 0 aromatic rings. The fourth-order valence-corrected chi connectivity index (χ4v) is 6.87. The number of quaternary nitrogens is 1. The Balaban J connectivity index is 4.81. The number of carbonyl (C=O) groups is 6. The highest BCUT2D eigenvalue weighted by molar-refractivity contribution is 7.45. The third kappa shape index (κ3) is 37.9. The van der Waals surface area contributed by atoms with Crippen molar-refractivity contribution in [3.63, 3.8) is 0 Å². The number of nitrogens with one attached hydrogen (secondary N) is 3. The number of likely N-dealkylation sites (N-methyl/N-ethyl adjacent to an activating group) is 1. The molecule has 3 amide bonds. The quantitative estimate of drug-likeness (QED) is 0.0254. The molecule has 0 aliphatic heterocycles. The van der Waals surface area contributed by atoms with Gasteiger partial charge in [-0.2, -0.15) is 0 Å². The van der Waals surface area contributed by atoms with Crippen LogP contribution in [-0.2, 0) is 51.9 Å². The molecule has 1 unspecified atom stereocenters. The van der Waals surface area contributed by atoms with E-state index in [0.29, 0.717) is 56.2 Å². The van der Waals surface area contributed by atoms with Gasteiger partial charge in [-0.3, -0.25) is 33.3 Å². The summed E-state index contributed by atoms with van der Waals surface area (Å²) in [4.78, 5) is 87.2. The Labute approximate surface area is 376 Å². The molecule has 0 saturated heterocycles. The van der Waals surface area contributed by atoms with Crippen LogP contribution in [0.25, 0.3) is 0 Å². The van der Waals surface area contributed by atoms with Crippen molar-refractivity contribution in [2.45, 2.75) is 160 Å². The number of hydrogen-bond donors (Lipinski definition) is 5. The largest absolute Gasteiger partial charge is 0.756 e. The van der Waals surface area contributed by atoms with E-state index >= 15 is 0 Å². The number of hydrogen-bond acceptors (Lipinski definition) is 14. The van der Waals surface area contributed by atoms with Gasteiger partial charge < -0.3 is 59.6 Å². The minimum Gasteiger partial charge on any atom is -0.756 e. The van der Waals surface area contributed by atoms with Gasteiger partial charge in [-0.1, -0.05) is 84.0 Å². The lowest BCUT2D eigenvalue weighted by atomic mass is 10.0. The lowest BCUT2D eigenvalue weighted by molar-refractivity contribution is -0.870. The lowest BCUT2D eigenvalue weighted by Gasteiger charge is -2.28. The van der Waals surface area contributed by atoms with Crippen molar-refractivity contribution in [2.24, 2.45) is 5.73 Å². The first-order chi connectivity index (χ1) is 29.7. The Hall–Kier alpha value is -3.19. The number of phosphoric acid groups is 1. The molecule has 0 bridgehead atoms. The maximum absolute atomic E-state index is 12.8. The summed E-state index contributed by atoms with van der Waals surface area (Å²) in [6, 6.07) is -1.81. The monoisotopic (exact) mass is 923 g/mol. The van der Waals surface area contributed by atoms with Gasteiger partial charge in [-0.15, -0.1) is 0 Å². The normalized spacial score (nSPS) is 14.0. The van der Waals surface area contributed by atoms with Crippen molar-refractivity contribution in [1.82, 2.24) is 20.9 Å². The second kappa shape index (κ2) is 36.1. The summed E-state index contributed by atoms with van der Waals surface area (Å²) in [7, 11) is 2.84. The van der Waals surface area contributed by atoms with Crippen molar-refractivity contribution in [2.75, 3.05) is 80.7 Å². The summed E-state index contributed by atoms with van der Waals surface area (Å²) >= 11 is 0. The van der Waals surface area contributed by atoms with Crippen molar-refractivity contribution in [1.29, 1.82) is 0 Å². The fraction of sp³-hybridized carbons (Fsp3) is 0.860. The lowest BCUT2D eigenvalue weighted by Crippen LogP contribution is -2.52. The van der Waals surface area contributed by atoms with E-state index in [2.05, 4.69) is 22.9 Å². The van der Waals surface area contributed by atoms with Crippen LogP contribution in [-0.4, -0.2) is 149 Å². The van der Waals surface area contributed by atoms with Crippen LogP contribution in [0.15, 0.2) is 0 Å². The topological polar surface area (TPSA) is 265 Å². The molecule has 0 rings (SSSR count). The number of aliphatic carboxylic acids is 1. The maximum atomic E-state index is 12.8. The van der Waals surface area contributed by atoms with Crippen LogP contribution >= 0.6 is 7.82 Å². The molecule has 0 aromatic carbocycles. The van der Waals surface area contributed by atoms with Crippen LogP contribution in [0.3, 0.4) is 0 Å². The second-order valence-electron chi connectivity index (χ2n) is 17.4. The first-order valence-electron chi connectivity index (χ1n) is 23.0. The standard InChI is InChI=1S/C43H83N6O13P/c1-7-8-9-10-11-12-13-14-15-16-17-18-19-25-40(53)59-33-36(34-61-63(57,58)60-30-29-49(4,5)6)62-41(54)26-21-23-28-48(3)27-22-20-24-37(47-42(55)35(2)44)43(56)46-31-38(50)45-32-39(51)52/h35-37H,7-34,44H2,1-6H3,(H4-,45,46,47,50,51,52,55,56,57,58)/t35-,36-,37-/m0/s1. The summed E-state index contributed by atoms with van der Waals surface area (Å²) in [5.74, 6) is -4.10. The number of nitrogens with zero attached hydrogens (tertiary/aromatic N) is 2. The Morgan fingerprint density at radius 2 is 1.27 bits per heavy atom. The summed E-state index contributed by atoms with van der Waals surface area (Å²) in [6.07, 6.45) is 17.0. The van der Waals surface area contributed by atoms with E-state index in [-0.39, 0.29) is 32.5 Å². The molecule has 368 valence electrons. The summed E-state index contributed by atoms with van der Waals surface area (Å²) in [6.45, 7) is 3.34. The Kier molecular flexibility index (Phi) is 34.2. The highest BCUT2D eigenvalue weighted by Crippen LogP contribution is 2.38. The Morgan fingerprint density at radius 1 is 0.730 bits per heavy atom. The van der Waals surface area contributed by atoms with E-state index < -0.39 is 81.3 Å². The molecule has 63 heavy (non-hydrogen) atoms. The number of carbonyl (C=O) groups excluding carboxylic acids is 5. The first-order valence-corrected chi connectivity index (χ1v) is 24.5.